The third-order valence-electron chi connectivity index (χ3n) is 4.00. The van der Waals surface area contributed by atoms with Crippen molar-refractivity contribution < 1.29 is 13.9 Å². The molecule has 3 aromatic carbocycles. The Morgan fingerprint density at radius 1 is 0.846 bits per heavy atom. The zero-order chi connectivity index (χ0) is 18.6. The quantitative estimate of drug-likeness (QED) is 0.411. The zero-order valence-electron chi connectivity index (χ0n) is 14.2. The van der Waals surface area contributed by atoms with Gasteiger partial charge in [-0.1, -0.05) is 64.5 Å². The summed E-state index contributed by atoms with van der Waals surface area (Å²) in [5.41, 5.74) is 0.522. The molecule has 0 amide bonds. The standard InChI is InChI=1S/C21H18BrO3P/c1-16(21(23)17-12-14-18(22)15-13-17)25-26(24,19-8-4-2-5-9-19)20-10-6-3-7-11-20/h2-16H,1H3. The number of rotatable bonds is 6. The summed E-state index contributed by atoms with van der Waals surface area (Å²) in [5.74, 6) is -0.204. The van der Waals surface area contributed by atoms with Crippen LogP contribution in [-0.4, -0.2) is 11.9 Å². The Labute approximate surface area is 161 Å². The van der Waals surface area contributed by atoms with E-state index in [1.54, 1.807) is 55.5 Å². The first kappa shape index (κ1) is 18.8. The second kappa shape index (κ2) is 8.13. The number of ketones is 1. The van der Waals surface area contributed by atoms with Crippen LogP contribution >= 0.6 is 23.3 Å². The summed E-state index contributed by atoms with van der Waals surface area (Å²) in [6.45, 7) is 1.64. The van der Waals surface area contributed by atoms with E-state index in [1.165, 1.54) is 0 Å². The van der Waals surface area contributed by atoms with Gasteiger partial charge in [-0.15, -0.1) is 0 Å². The third kappa shape index (κ3) is 4.04. The van der Waals surface area contributed by atoms with E-state index >= 15 is 0 Å². The second-order valence-electron chi connectivity index (χ2n) is 5.84. The van der Waals surface area contributed by atoms with E-state index in [4.69, 9.17) is 4.52 Å². The van der Waals surface area contributed by atoms with Crippen LogP contribution in [0.2, 0.25) is 0 Å². The molecule has 26 heavy (non-hydrogen) atoms. The summed E-state index contributed by atoms with van der Waals surface area (Å²) in [6, 6.07) is 25.1. The maximum atomic E-state index is 13.8. The largest absolute Gasteiger partial charge is 0.311 e. The normalized spacial score (nSPS) is 12.5. The molecular formula is C21H18BrO3P. The number of hydrogen-bond acceptors (Lipinski definition) is 3. The Balaban J connectivity index is 1.95. The van der Waals surface area contributed by atoms with Crippen LogP contribution in [0.15, 0.2) is 89.4 Å². The molecule has 132 valence electrons. The molecule has 3 nitrogen and oxygen atoms in total. The second-order valence-corrected chi connectivity index (χ2v) is 9.10. The van der Waals surface area contributed by atoms with Crippen LogP contribution in [-0.2, 0) is 9.09 Å². The van der Waals surface area contributed by atoms with Crippen molar-refractivity contribution in [2.75, 3.05) is 0 Å². The van der Waals surface area contributed by atoms with Gasteiger partial charge in [-0.3, -0.25) is 9.36 Å². The minimum atomic E-state index is -3.39. The highest BCUT2D eigenvalue weighted by Crippen LogP contribution is 2.46. The fourth-order valence-electron chi connectivity index (χ4n) is 2.64. The van der Waals surface area contributed by atoms with Gasteiger partial charge in [0.2, 0.25) is 0 Å². The Morgan fingerprint density at radius 3 is 1.77 bits per heavy atom. The fraction of sp³-hybridized carbons (Fsp3) is 0.0952. The molecule has 0 saturated carbocycles. The van der Waals surface area contributed by atoms with Crippen molar-refractivity contribution >= 4 is 39.7 Å². The lowest BCUT2D eigenvalue weighted by molar-refractivity contribution is 0.0827. The van der Waals surface area contributed by atoms with Gasteiger partial charge in [-0.25, -0.2) is 0 Å². The molecule has 3 aromatic rings. The van der Waals surface area contributed by atoms with E-state index in [9.17, 15) is 9.36 Å². The molecule has 0 spiro atoms. The van der Waals surface area contributed by atoms with Crippen LogP contribution in [0, 0.1) is 0 Å². The number of hydrogen-bond donors (Lipinski definition) is 0. The summed E-state index contributed by atoms with van der Waals surface area (Å²) in [4.78, 5) is 12.7. The lowest BCUT2D eigenvalue weighted by atomic mass is 10.1. The van der Waals surface area contributed by atoms with Crippen molar-refractivity contribution in [1.29, 1.82) is 0 Å². The maximum absolute atomic E-state index is 13.8. The van der Waals surface area contributed by atoms with Crippen LogP contribution in [0.3, 0.4) is 0 Å². The SMILES string of the molecule is CC(OP(=O)(c1ccccc1)c1ccccc1)C(=O)c1ccc(Br)cc1. The molecule has 0 bridgehead atoms. The van der Waals surface area contributed by atoms with Gasteiger partial charge in [0, 0.05) is 20.6 Å². The highest BCUT2D eigenvalue weighted by Gasteiger charge is 2.33. The van der Waals surface area contributed by atoms with E-state index in [2.05, 4.69) is 15.9 Å². The zero-order valence-corrected chi connectivity index (χ0v) is 16.7. The van der Waals surface area contributed by atoms with E-state index < -0.39 is 13.5 Å². The summed E-state index contributed by atoms with van der Waals surface area (Å²) in [7, 11) is -3.39. The number of halogens is 1. The molecule has 0 heterocycles. The molecule has 0 aliphatic rings. The van der Waals surface area contributed by atoms with E-state index in [1.807, 2.05) is 36.4 Å². The molecule has 5 heteroatoms. The summed E-state index contributed by atoms with van der Waals surface area (Å²) in [5, 5.41) is 1.14. The molecule has 0 saturated heterocycles. The molecule has 0 N–H and O–H groups in total. The van der Waals surface area contributed by atoms with Crippen molar-refractivity contribution in [3.63, 3.8) is 0 Å². The minimum absolute atomic E-state index is 0.204. The molecule has 0 aliphatic carbocycles. The molecule has 1 atom stereocenters. The van der Waals surface area contributed by atoms with Gasteiger partial charge >= 0.3 is 0 Å². The Bertz CT molecular complexity index is 881. The Morgan fingerprint density at radius 2 is 1.31 bits per heavy atom. The van der Waals surface area contributed by atoms with Gasteiger partial charge in [0.25, 0.3) is 7.37 Å². The predicted octanol–water partition coefficient (Wildman–Crippen LogP) is 4.97. The minimum Gasteiger partial charge on any atom is -0.311 e. The van der Waals surface area contributed by atoms with Gasteiger partial charge in [0.1, 0.15) is 6.10 Å². The first-order valence-corrected chi connectivity index (χ1v) is 10.6. The van der Waals surface area contributed by atoms with E-state index in [0.717, 1.165) is 4.47 Å². The molecule has 3 rings (SSSR count). The lowest BCUT2D eigenvalue weighted by Crippen LogP contribution is -2.26. The van der Waals surface area contributed by atoms with E-state index in [-0.39, 0.29) is 5.78 Å². The van der Waals surface area contributed by atoms with Gasteiger partial charge in [-0.2, -0.15) is 0 Å². The van der Waals surface area contributed by atoms with Crippen LogP contribution in [0.5, 0.6) is 0 Å². The number of Topliss-reactive ketones (excluding diaryl/α,β-unsaturated/α-hetero) is 1. The van der Waals surface area contributed by atoms with Crippen molar-refractivity contribution in [2.24, 2.45) is 0 Å². The first-order valence-electron chi connectivity index (χ1n) is 8.20. The number of benzene rings is 3. The first-order chi connectivity index (χ1) is 12.5. The molecule has 0 fully saturated rings. The topological polar surface area (TPSA) is 43.4 Å². The monoisotopic (exact) mass is 428 g/mol. The average Bonchev–Trinajstić information content (AvgIpc) is 2.69. The molecule has 0 aliphatic heterocycles. The van der Waals surface area contributed by atoms with Crippen LogP contribution < -0.4 is 10.6 Å². The highest BCUT2D eigenvalue weighted by molar-refractivity contribution is 9.10. The summed E-state index contributed by atoms with van der Waals surface area (Å²) < 4.78 is 20.7. The molecule has 1 unspecified atom stereocenters. The molecular weight excluding hydrogens is 411 g/mol. The van der Waals surface area contributed by atoms with Gasteiger partial charge in [0.15, 0.2) is 5.78 Å². The van der Waals surface area contributed by atoms with Crippen molar-refractivity contribution in [2.45, 2.75) is 13.0 Å². The Hall–Kier alpha value is -2.00. The predicted molar refractivity (Wildman–Crippen MR) is 109 cm³/mol. The van der Waals surface area contributed by atoms with Crippen LogP contribution in [0.1, 0.15) is 17.3 Å². The smallest absolute Gasteiger partial charge is 0.261 e. The van der Waals surface area contributed by atoms with Crippen molar-refractivity contribution in [3.8, 4) is 0 Å². The maximum Gasteiger partial charge on any atom is 0.261 e. The van der Waals surface area contributed by atoms with Gasteiger partial charge in [0.05, 0.1) is 0 Å². The van der Waals surface area contributed by atoms with Crippen LogP contribution in [0.4, 0.5) is 0 Å². The molecule has 0 aromatic heterocycles. The Kier molecular flexibility index (Phi) is 5.87. The van der Waals surface area contributed by atoms with Crippen molar-refractivity contribution in [3.05, 3.63) is 95.0 Å². The van der Waals surface area contributed by atoms with E-state index in [0.29, 0.717) is 16.2 Å². The number of carbonyl (C=O) groups is 1. The number of carbonyl (C=O) groups excluding carboxylic acids is 1. The summed E-state index contributed by atoms with van der Waals surface area (Å²) in [6.07, 6.45) is -0.845. The van der Waals surface area contributed by atoms with Gasteiger partial charge < -0.3 is 4.52 Å². The third-order valence-corrected chi connectivity index (χ3v) is 7.09. The molecule has 0 radical (unpaired) electrons. The lowest BCUT2D eigenvalue weighted by Gasteiger charge is -2.23. The fourth-order valence-corrected chi connectivity index (χ4v) is 5.11. The average molecular weight is 429 g/mol. The van der Waals surface area contributed by atoms with Gasteiger partial charge in [-0.05, 0) is 43.3 Å². The summed E-state index contributed by atoms with van der Waals surface area (Å²) >= 11 is 3.35. The highest BCUT2D eigenvalue weighted by atomic mass is 79.9. The van der Waals surface area contributed by atoms with Crippen molar-refractivity contribution in [1.82, 2.24) is 0 Å². The van der Waals surface area contributed by atoms with Crippen LogP contribution in [0.25, 0.3) is 0 Å².